The van der Waals surface area contributed by atoms with Crippen LogP contribution in [-0.2, 0) is 9.53 Å². The van der Waals surface area contributed by atoms with Crippen LogP contribution in [0.25, 0.3) is 6.08 Å². The molecule has 0 aliphatic heterocycles. The molecule has 1 aromatic rings. The Morgan fingerprint density at radius 2 is 2.29 bits per heavy atom. The van der Waals surface area contributed by atoms with Crippen molar-refractivity contribution in [1.29, 1.82) is 0 Å². The Kier molecular flexibility index (Phi) is 4.65. The van der Waals surface area contributed by atoms with Crippen molar-refractivity contribution in [3.8, 4) is 0 Å². The van der Waals surface area contributed by atoms with Gasteiger partial charge in [0.15, 0.2) is 5.13 Å². The summed E-state index contributed by atoms with van der Waals surface area (Å²) < 4.78 is 4.87. The second kappa shape index (κ2) is 6.00. The highest BCUT2D eigenvalue weighted by Crippen LogP contribution is 2.19. The molecular formula is C10H12N2O4S. The van der Waals surface area contributed by atoms with Crippen molar-refractivity contribution < 1.29 is 19.4 Å². The number of hydrogen-bond donors (Lipinski definition) is 2. The van der Waals surface area contributed by atoms with Gasteiger partial charge in [0, 0.05) is 17.2 Å². The number of thiazole rings is 1. The van der Waals surface area contributed by atoms with Crippen molar-refractivity contribution in [2.75, 3.05) is 5.32 Å². The van der Waals surface area contributed by atoms with E-state index in [0.717, 1.165) is 17.4 Å². The predicted octanol–water partition coefficient (Wildman–Crippen LogP) is 2.20. The van der Waals surface area contributed by atoms with Crippen LogP contribution < -0.4 is 5.32 Å². The third-order valence-corrected chi connectivity index (χ3v) is 2.34. The summed E-state index contributed by atoms with van der Waals surface area (Å²) in [6, 6.07) is 0. The first-order valence-corrected chi connectivity index (χ1v) is 5.63. The highest BCUT2D eigenvalue weighted by atomic mass is 32.1. The summed E-state index contributed by atoms with van der Waals surface area (Å²) in [5.41, 5.74) is 0. The second-order valence-electron chi connectivity index (χ2n) is 3.32. The van der Waals surface area contributed by atoms with Gasteiger partial charge in [0.1, 0.15) is 0 Å². The zero-order chi connectivity index (χ0) is 12.8. The molecule has 0 spiro atoms. The quantitative estimate of drug-likeness (QED) is 0.806. The topological polar surface area (TPSA) is 88.5 Å². The average molecular weight is 256 g/mol. The van der Waals surface area contributed by atoms with Crippen LogP contribution >= 0.6 is 11.3 Å². The molecule has 0 aliphatic carbocycles. The first-order valence-electron chi connectivity index (χ1n) is 4.82. The van der Waals surface area contributed by atoms with E-state index >= 15 is 0 Å². The molecule has 0 saturated carbocycles. The van der Waals surface area contributed by atoms with E-state index in [9.17, 15) is 9.59 Å². The van der Waals surface area contributed by atoms with Gasteiger partial charge in [-0.25, -0.2) is 14.6 Å². The summed E-state index contributed by atoms with van der Waals surface area (Å²) in [5, 5.41) is 11.2. The number of aliphatic carboxylic acids is 1. The van der Waals surface area contributed by atoms with E-state index in [0.29, 0.717) is 10.0 Å². The van der Waals surface area contributed by atoms with E-state index in [-0.39, 0.29) is 6.10 Å². The van der Waals surface area contributed by atoms with Crippen LogP contribution in [0.3, 0.4) is 0 Å². The fraction of sp³-hybridized carbons (Fsp3) is 0.300. The number of carboxylic acids is 1. The Bertz CT molecular complexity index is 439. The zero-order valence-corrected chi connectivity index (χ0v) is 10.2. The Balaban J connectivity index is 2.56. The lowest BCUT2D eigenvalue weighted by atomic mass is 10.4. The van der Waals surface area contributed by atoms with Crippen LogP contribution in [0.4, 0.5) is 9.93 Å². The maximum atomic E-state index is 11.2. The molecule has 0 fully saturated rings. The van der Waals surface area contributed by atoms with Crippen LogP contribution in [0, 0.1) is 0 Å². The van der Waals surface area contributed by atoms with Gasteiger partial charge < -0.3 is 9.84 Å². The lowest BCUT2D eigenvalue weighted by Gasteiger charge is -2.06. The standard InChI is InChI=1S/C10H12N2O4S/c1-6(2)16-10(15)12-9-11-5-7(17-9)3-4-8(13)14/h3-6H,1-2H3,(H,13,14)(H,11,12,15). The molecule has 0 aliphatic rings. The molecule has 1 aromatic heterocycles. The number of amides is 1. The summed E-state index contributed by atoms with van der Waals surface area (Å²) in [6.07, 6.45) is 3.09. The Hall–Kier alpha value is -1.89. The maximum absolute atomic E-state index is 11.2. The molecule has 17 heavy (non-hydrogen) atoms. The maximum Gasteiger partial charge on any atom is 0.413 e. The van der Waals surface area contributed by atoms with Crippen LogP contribution in [-0.4, -0.2) is 28.3 Å². The highest BCUT2D eigenvalue weighted by molar-refractivity contribution is 7.16. The van der Waals surface area contributed by atoms with E-state index in [4.69, 9.17) is 9.84 Å². The fourth-order valence-corrected chi connectivity index (χ4v) is 1.61. The van der Waals surface area contributed by atoms with Crippen molar-refractivity contribution in [1.82, 2.24) is 4.98 Å². The van der Waals surface area contributed by atoms with Gasteiger partial charge in [-0.3, -0.25) is 5.32 Å². The third kappa shape index (κ3) is 5.12. The van der Waals surface area contributed by atoms with E-state index in [1.54, 1.807) is 13.8 Å². The first-order chi connectivity index (χ1) is 7.97. The molecule has 7 heteroatoms. The molecule has 2 N–H and O–H groups in total. The fourth-order valence-electron chi connectivity index (χ4n) is 0.906. The molecular weight excluding hydrogens is 244 g/mol. The molecule has 6 nitrogen and oxygen atoms in total. The minimum Gasteiger partial charge on any atom is -0.478 e. The number of carbonyl (C=O) groups is 2. The van der Waals surface area contributed by atoms with Crippen LogP contribution in [0.5, 0.6) is 0 Å². The summed E-state index contributed by atoms with van der Waals surface area (Å²) in [4.78, 5) is 26.0. The van der Waals surface area contributed by atoms with Gasteiger partial charge in [-0.2, -0.15) is 0 Å². The van der Waals surface area contributed by atoms with E-state index in [1.165, 1.54) is 12.3 Å². The molecule has 1 amide bonds. The van der Waals surface area contributed by atoms with Gasteiger partial charge in [-0.1, -0.05) is 11.3 Å². The van der Waals surface area contributed by atoms with Crippen LogP contribution in [0.15, 0.2) is 12.3 Å². The molecule has 0 saturated heterocycles. The number of anilines is 1. The molecule has 0 aromatic carbocycles. The second-order valence-corrected chi connectivity index (χ2v) is 4.38. The minimum atomic E-state index is -1.04. The molecule has 1 heterocycles. The largest absolute Gasteiger partial charge is 0.478 e. The van der Waals surface area contributed by atoms with Gasteiger partial charge >= 0.3 is 12.1 Å². The van der Waals surface area contributed by atoms with Crippen molar-refractivity contribution in [3.05, 3.63) is 17.2 Å². The number of nitrogens with one attached hydrogen (secondary N) is 1. The summed E-state index contributed by atoms with van der Waals surface area (Å²) in [7, 11) is 0. The molecule has 0 atom stereocenters. The molecule has 1 rings (SSSR count). The van der Waals surface area contributed by atoms with Gasteiger partial charge in [0.25, 0.3) is 0 Å². The molecule has 92 valence electrons. The summed E-state index contributed by atoms with van der Waals surface area (Å²) in [6.45, 7) is 3.48. The summed E-state index contributed by atoms with van der Waals surface area (Å²) >= 11 is 1.16. The SMILES string of the molecule is CC(C)OC(=O)Nc1ncc(C=CC(=O)O)s1. The van der Waals surface area contributed by atoms with E-state index < -0.39 is 12.1 Å². The van der Waals surface area contributed by atoms with Crippen molar-refractivity contribution in [2.24, 2.45) is 0 Å². The normalized spacial score (nSPS) is 10.8. The first kappa shape index (κ1) is 13.2. The van der Waals surface area contributed by atoms with Gasteiger partial charge in [-0.15, -0.1) is 0 Å². The predicted molar refractivity (Wildman–Crippen MR) is 64.0 cm³/mol. The van der Waals surface area contributed by atoms with Crippen molar-refractivity contribution >= 4 is 34.6 Å². The van der Waals surface area contributed by atoms with Crippen LogP contribution in [0.2, 0.25) is 0 Å². The van der Waals surface area contributed by atoms with Crippen LogP contribution in [0.1, 0.15) is 18.7 Å². The van der Waals surface area contributed by atoms with E-state index in [2.05, 4.69) is 10.3 Å². The lowest BCUT2D eigenvalue weighted by Crippen LogP contribution is -2.17. The number of rotatable bonds is 4. The number of carbonyl (C=O) groups excluding carboxylic acids is 1. The number of nitrogens with zero attached hydrogens (tertiary/aromatic N) is 1. The van der Waals surface area contributed by atoms with E-state index in [1.807, 2.05) is 0 Å². The van der Waals surface area contributed by atoms with Gasteiger partial charge in [-0.05, 0) is 19.9 Å². The molecule has 0 bridgehead atoms. The number of aromatic nitrogens is 1. The lowest BCUT2D eigenvalue weighted by molar-refractivity contribution is -0.131. The highest BCUT2D eigenvalue weighted by Gasteiger charge is 2.08. The van der Waals surface area contributed by atoms with Crippen molar-refractivity contribution in [2.45, 2.75) is 20.0 Å². The van der Waals surface area contributed by atoms with Crippen molar-refractivity contribution in [3.63, 3.8) is 0 Å². The Morgan fingerprint density at radius 1 is 1.59 bits per heavy atom. The average Bonchev–Trinajstić information content (AvgIpc) is 2.61. The smallest absolute Gasteiger partial charge is 0.413 e. The Morgan fingerprint density at radius 3 is 2.88 bits per heavy atom. The molecule has 0 radical (unpaired) electrons. The number of carboxylic acid groups (broad SMARTS) is 1. The Labute approximate surface area is 102 Å². The molecule has 0 unspecified atom stereocenters. The minimum absolute atomic E-state index is 0.207. The van der Waals surface area contributed by atoms with Gasteiger partial charge in [0.2, 0.25) is 0 Å². The zero-order valence-electron chi connectivity index (χ0n) is 9.34. The monoisotopic (exact) mass is 256 g/mol. The number of ether oxygens (including phenoxy) is 1. The third-order valence-electron chi connectivity index (χ3n) is 1.47. The number of hydrogen-bond acceptors (Lipinski definition) is 5. The van der Waals surface area contributed by atoms with Gasteiger partial charge in [0.05, 0.1) is 6.10 Å². The summed E-state index contributed by atoms with van der Waals surface area (Å²) in [5.74, 6) is -1.04.